The van der Waals surface area contributed by atoms with E-state index < -0.39 is 10.0 Å². The Morgan fingerprint density at radius 2 is 1.62 bits per heavy atom. The van der Waals surface area contributed by atoms with Crippen molar-refractivity contribution in [2.45, 2.75) is 25.1 Å². The number of likely N-dealkylation sites (N-methyl/N-ethyl adjacent to an activating group) is 1. The van der Waals surface area contributed by atoms with Gasteiger partial charge in [-0.3, -0.25) is 4.98 Å². The summed E-state index contributed by atoms with van der Waals surface area (Å²) in [4.78, 5) is 6.64. The lowest BCUT2D eigenvalue weighted by atomic mass is 10.1. The first-order valence-corrected chi connectivity index (χ1v) is 14.8. The fourth-order valence-corrected chi connectivity index (χ4v) is 6.48. The Balaban J connectivity index is 1.17. The van der Waals surface area contributed by atoms with Gasteiger partial charge in [-0.15, -0.1) is 0 Å². The van der Waals surface area contributed by atoms with Crippen LogP contribution in [-0.2, 0) is 22.3 Å². The molecule has 3 heterocycles. The van der Waals surface area contributed by atoms with Gasteiger partial charge < -0.3 is 10.2 Å². The van der Waals surface area contributed by atoms with Crippen LogP contribution < -0.4 is 5.32 Å². The number of halogens is 1. The molecule has 1 aliphatic heterocycles. The van der Waals surface area contributed by atoms with E-state index >= 15 is 0 Å². The zero-order chi connectivity index (χ0) is 27.0. The molecule has 10 heteroatoms. The normalized spacial score (nSPS) is 16.5. The first-order chi connectivity index (χ1) is 18.9. The number of hydrogen-bond donors (Lipinski definition) is 1. The number of hydrogen-bond acceptors (Lipinski definition) is 6. The molecule has 0 amide bonds. The maximum absolute atomic E-state index is 13.4. The predicted molar refractivity (Wildman–Crippen MR) is 150 cm³/mol. The van der Waals surface area contributed by atoms with Gasteiger partial charge >= 0.3 is 0 Å². The molecule has 202 valence electrons. The maximum atomic E-state index is 13.4. The van der Waals surface area contributed by atoms with Crippen LogP contribution in [0.4, 0.5) is 4.39 Å². The summed E-state index contributed by atoms with van der Waals surface area (Å²) in [5, 5.41) is 9.14. The van der Waals surface area contributed by atoms with E-state index in [4.69, 9.17) is 0 Å². The highest BCUT2D eigenvalue weighted by Crippen LogP contribution is 2.37. The lowest BCUT2D eigenvalue weighted by Crippen LogP contribution is -2.47. The Morgan fingerprint density at radius 3 is 2.31 bits per heavy atom. The molecule has 4 aromatic rings. The summed E-state index contributed by atoms with van der Waals surface area (Å²) in [5.41, 5.74) is 6.88. The fourth-order valence-electron chi connectivity index (χ4n) is 4.96. The van der Waals surface area contributed by atoms with Crippen molar-refractivity contribution in [1.29, 1.82) is 0 Å². The summed E-state index contributed by atoms with van der Waals surface area (Å²) >= 11 is 0. The summed E-state index contributed by atoms with van der Waals surface area (Å²) in [5.74, 6) is -0.269. The average Bonchev–Trinajstić information content (AvgIpc) is 3.68. The largest absolute Gasteiger partial charge is 0.380 e. The van der Waals surface area contributed by atoms with E-state index in [0.717, 1.165) is 64.9 Å². The third kappa shape index (κ3) is 5.59. The van der Waals surface area contributed by atoms with E-state index in [9.17, 15) is 12.8 Å². The number of piperazine rings is 1. The highest BCUT2D eigenvalue weighted by Gasteiger charge is 2.26. The molecule has 1 aliphatic carbocycles. The van der Waals surface area contributed by atoms with Crippen LogP contribution in [-0.4, -0.2) is 65.6 Å². The molecule has 0 spiro atoms. The lowest BCUT2D eigenvalue weighted by Gasteiger charge is -2.31. The predicted octanol–water partition coefficient (Wildman–Crippen LogP) is 3.93. The minimum atomic E-state index is -3.33. The molecular weight excluding hydrogens is 515 g/mol. The van der Waals surface area contributed by atoms with Gasteiger partial charge in [-0.25, -0.2) is 17.5 Å². The molecule has 6 rings (SSSR count). The number of sulfonamides is 1. The van der Waals surface area contributed by atoms with Crippen LogP contribution in [0.1, 0.15) is 29.5 Å². The van der Waals surface area contributed by atoms with Crippen LogP contribution in [0.5, 0.6) is 0 Å². The van der Waals surface area contributed by atoms with Crippen LogP contribution >= 0.6 is 0 Å². The SMILES string of the molecule is CN1CCN(S(=O)(=O)Cc2ccc(CNC(=C3CC3)c3cncc4c3cnn4-c3ccc(F)cc3)cc2)CC1. The van der Waals surface area contributed by atoms with Gasteiger partial charge in [-0.2, -0.15) is 9.40 Å². The fraction of sp³-hybridized carbons (Fsp3) is 0.310. The van der Waals surface area contributed by atoms with Crippen molar-refractivity contribution in [1.82, 2.24) is 29.3 Å². The molecule has 1 saturated heterocycles. The molecule has 2 fully saturated rings. The van der Waals surface area contributed by atoms with Crippen LogP contribution in [0.2, 0.25) is 0 Å². The Hall–Kier alpha value is -3.60. The smallest absolute Gasteiger partial charge is 0.218 e. The standard InChI is InChI=1S/C29H31FN6O2S/c1-34-12-14-35(15-13-34)39(37,38)20-22-4-2-21(3-5-22)16-32-29(23-6-7-23)27-17-31-19-28-26(27)18-33-36(28)25-10-8-24(30)9-11-25/h2-5,8-11,17-19,32H,6-7,12-16,20H2,1H3. The van der Waals surface area contributed by atoms with Gasteiger partial charge in [-0.05, 0) is 60.9 Å². The van der Waals surface area contributed by atoms with Gasteiger partial charge in [0.2, 0.25) is 10.0 Å². The molecule has 1 N–H and O–H groups in total. The number of rotatable bonds is 8. The Morgan fingerprint density at radius 1 is 0.923 bits per heavy atom. The van der Waals surface area contributed by atoms with Crippen molar-refractivity contribution >= 4 is 26.6 Å². The highest BCUT2D eigenvalue weighted by molar-refractivity contribution is 7.88. The van der Waals surface area contributed by atoms with Crippen molar-refractivity contribution < 1.29 is 12.8 Å². The van der Waals surface area contributed by atoms with E-state index in [-0.39, 0.29) is 11.6 Å². The molecule has 2 aromatic heterocycles. The van der Waals surface area contributed by atoms with E-state index in [2.05, 4.69) is 20.3 Å². The second-order valence-electron chi connectivity index (χ2n) is 10.3. The number of allylic oxidation sites excluding steroid dienone is 1. The molecule has 1 saturated carbocycles. The van der Waals surface area contributed by atoms with E-state index in [1.54, 1.807) is 27.3 Å². The minimum absolute atomic E-state index is 0.0193. The quantitative estimate of drug-likeness (QED) is 0.361. The van der Waals surface area contributed by atoms with Gasteiger partial charge in [0.25, 0.3) is 0 Å². The average molecular weight is 547 g/mol. The van der Waals surface area contributed by atoms with Crippen LogP contribution in [0.3, 0.4) is 0 Å². The number of pyridine rings is 1. The summed E-state index contributed by atoms with van der Waals surface area (Å²) in [6.45, 7) is 3.22. The number of fused-ring (bicyclic) bond motifs is 1. The van der Waals surface area contributed by atoms with Crippen molar-refractivity contribution in [3.63, 3.8) is 0 Å². The first kappa shape index (κ1) is 25.7. The van der Waals surface area contributed by atoms with E-state index in [1.165, 1.54) is 17.7 Å². The maximum Gasteiger partial charge on any atom is 0.218 e. The zero-order valence-corrected chi connectivity index (χ0v) is 22.7. The topological polar surface area (TPSA) is 83.4 Å². The van der Waals surface area contributed by atoms with Gasteiger partial charge in [0, 0.05) is 55.6 Å². The van der Waals surface area contributed by atoms with Gasteiger partial charge in [-0.1, -0.05) is 24.3 Å². The van der Waals surface area contributed by atoms with Crippen molar-refractivity contribution in [2.75, 3.05) is 33.2 Å². The monoisotopic (exact) mass is 546 g/mol. The number of benzene rings is 2. The molecule has 2 aromatic carbocycles. The lowest BCUT2D eigenvalue weighted by molar-refractivity contribution is 0.222. The van der Waals surface area contributed by atoms with Crippen molar-refractivity contribution in [2.24, 2.45) is 0 Å². The van der Waals surface area contributed by atoms with Crippen molar-refractivity contribution in [3.05, 3.63) is 95.2 Å². The Bertz CT molecular complexity index is 1620. The number of aromatic nitrogens is 3. The third-order valence-corrected chi connectivity index (χ3v) is 9.24. The van der Waals surface area contributed by atoms with Crippen LogP contribution in [0.15, 0.2) is 72.7 Å². The highest BCUT2D eigenvalue weighted by atomic mass is 32.2. The minimum Gasteiger partial charge on any atom is -0.380 e. The van der Waals surface area contributed by atoms with E-state index in [0.29, 0.717) is 19.6 Å². The third-order valence-electron chi connectivity index (χ3n) is 7.39. The van der Waals surface area contributed by atoms with Crippen molar-refractivity contribution in [3.8, 4) is 5.69 Å². The molecule has 8 nitrogen and oxygen atoms in total. The summed E-state index contributed by atoms with van der Waals surface area (Å²) < 4.78 is 42.6. The summed E-state index contributed by atoms with van der Waals surface area (Å²) in [7, 11) is -1.32. The molecular formula is C29H31FN6O2S. The summed E-state index contributed by atoms with van der Waals surface area (Å²) in [6.07, 6.45) is 7.54. The number of nitrogens with zero attached hydrogens (tertiary/aromatic N) is 5. The Kier molecular flexibility index (Phi) is 6.92. The van der Waals surface area contributed by atoms with Gasteiger partial charge in [0.15, 0.2) is 0 Å². The Labute approximate surface area is 227 Å². The number of nitrogens with one attached hydrogen (secondary N) is 1. The van der Waals surface area contributed by atoms with Crippen LogP contribution in [0, 0.1) is 5.82 Å². The summed E-state index contributed by atoms with van der Waals surface area (Å²) in [6, 6.07) is 14.0. The zero-order valence-electron chi connectivity index (χ0n) is 21.8. The second kappa shape index (κ2) is 10.5. The molecule has 2 aliphatic rings. The van der Waals surface area contributed by atoms with E-state index in [1.807, 2.05) is 43.7 Å². The molecule has 0 radical (unpaired) electrons. The molecule has 0 atom stereocenters. The van der Waals surface area contributed by atoms with Gasteiger partial charge in [0.05, 0.1) is 29.4 Å². The molecule has 39 heavy (non-hydrogen) atoms. The molecule has 0 unspecified atom stereocenters. The van der Waals surface area contributed by atoms with Gasteiger partial charge in [0.1, 0.15) is 5.82 Å². The molecule has 0 bridgehead atoms. The first-order valence-electron chi connectivity index (χ1n) is 13.2. The van der Waals surface area contributed by atoms with Crippen LogP contribution in [0.25, 0.3) is 22.3 Å². The second-order valence-corrected chi connectivity index (χ2v) is 12.2.